The number of nitrogens with zero attached hydrogens (tertiary/aromatic N) is 2. The Morgan fingerprint density at radius 1 is 1.25 bits per heavy atom. The van der Waals surface area contributed by atoms with E-state index in [1.165, 1.54) is 12.8 Å². The molecule has 2 fully saturated rings. The number of anilines is 2. The lowest BCUT2D eigenvalue weighted by atomic mass is 10.1. The van der Waals surface area contributed by atoms with Gasteiger partial charge in [-0.2, -0.15) is 0 Å². The summed E-state index contributed by atoms with van der Waals surface area (Å²) in [7, 11) is 1.90. The minimum atomic E-state index is 0.373. The van der Waals surface area contributed by atoms with Gasteiger partial charge in [-0.3, -0.25) is 0 Å². The summed E-state index contributed by atoms with van der Waals surface area (Å²) in [6, 6.07) is 2.39. The van der Waals surface area contributed by atoms with Crippen molar-refractivity contribution in [2.75, 3.05) is 24.3 Å². The Kier molecular flexibility index (Phi) is 4.05. The van der Waals surface area contributed by atoms with E-state index in [1.807, 2.05) is 13.1 Å². The van der Waals surface area contributed by atoms with Crippen molar-refractivity contribution in [3.8, 4) is 0 Å². The van der Waals surface area contributed by atoms with Gasteiger partial charge in [-0.15, -0.1) is 0 Å². The maximum absolute atomic E-state index is 5.87. The topological polar surface area (TPSA) is 59.1 Å². The molecule has 20 heavy (non-hydrogen) atoms. The summed E-state index contributed by atoms with van der Waals surface area (Å²) in [5.41, 5.74) is 0. The molecule has 0 amide bonds. The summed E-state index contributed by atoms with van der Waals surface area (Å²) >= 11 is 0. The molecule has 0 aromatic carbocycles. The van der Waals surface area contributed by atoms with Crippen LogP contribution in [0.25, 0.3) is 0 Å². The molecule has 0 bridgehead atoms. The third-order valence-corrected chi connectivity index (χ3v) is 4.06. The maximum atomic E-state index is 5.87. The zero-order chi connectivity index (χ0) is 13.9. The predicted octanol–water partition coefficient (Wildman–Crippen LogP) is 2.45. The van der Waals surface area contributed by atoms with Crippen LogP contribution in [-0.4, -0.2) is 35.8 Å². The van der Waals surface area contributed by atoms with Crippen molar-refractivity contribution in [2.24, 2.45) is 5.92 Å². The van der Waals surface area contributed by atoms with Crippen molar-refractivity contribution in [1.29, 1.82) is 0 Å². The van der Waals surface area contributed by atoms with Gasteiger partial charge in [0.2, 0.25) is 0 Å². The Hall–Kier alpha value is -1.36. The van der Waals surface area contributed by atoms with Crippen molar-refractivity contribution in [1.82, 2.24) is 9.97 Å². The van der Waals surface area contributed by atoms with Crippen LogP contribution in [0, 0.1) is 5.92 Å². The first-order valence-electron chi connectivity index (χ1n) is 7.74. The molecule has 1 aliphatic heterocycles. The molecule has 5 heteroatoms. The number of hydrogen-bond acceptors (Lipinski definition) is 5. The van der Waals surface area contributed by atoms with E-state index < -0.39 is 0 Å². The molecule has 0 spiro atoms. The van der Waals surface area contributed by atoms with Gasteiger partial charge in [0.25, 0.3) is 0 Å². The summed E-state index contributed by atoms with van der Waals surface area (Å²) in [5.74, 6) is 3.47. The fraction of sp³-hybridized carbons (Fsp3) is 0.733. The van der Waals surface area contributed by atoms with Gasteiger partial charge in [0.1, 0.15) is 17.5 Å². The first-order valence-corrected chi connectivity index (χ1v) is 7.74. The molecular formula is C15H24N4O. The van der Waals surface area contributed by atoms with Gasteiger partial charge in [-0.1, -0.05) is 6.92 Å². The van der Waals surface area contributed by atoms with Crippen molar-refractivity contribution < 1.29 is 4.74 Å². The molecule has 2 atom stereocenters. The lowest BCUT2D eigenvalue weighted by Gasteiger charge is -2.20. The molecule has 110 valence electrons. The molecule has 2 unspecified atom stereocenters. The Morgan fingerprint density at radius 2 is 2.05 bits per heavy atom. The van der Waals surface area contributed by atoms with Crippen LogP contribution in [-0.2, 0) is 11.2 Å². The highest BCUT2D eigenvalue weighted by Crippen LogP contribution is 2.39. The van der Waals surface area contributed by atoms with Crippen LogP contribution in [0.15, 0.2) is 6.07 Å². The van der Waals surface area contributed by atoms with Crippen molar-refractivity contribution in [3.05, 3.63) is 11.9 Å². The molecule has 1 aromatic rings. The number of hydrogen-bond donors (Lipinski definition) is 2. The van der Waals surface area contributed by atoms with Crippen molar-refractivity contribution >= 4 is 11.6 Å². The summed E-state index contributed by atoms with van der Waals surface area (Å²) in [4.78, 5) is 9.12. The lowest BCUT2D eigenvalue weighted by Crippen LogP contribution is -2.31. The number of aryl methyl sites for hydroxylation is 1. The van der Waals surface area contributed by atoms with E-state index in [-0.39, 0.29) is 0 Å². The van der Waals surface area contributed by atoms with Crippen LogP contribution in [0.2, 0.25) is 0 Å². The molecule has 2 heterocycles. The number of aromatic nitrogens is 2. The van der Waals surface area contributed by atoms with Gasteiger partial charge in [0.05, 0.1) is 12.1 Å². The number of nitrogens with one attached hydrogen (secondary N) is 2. The van der Waals surface area contributed by atoms with E-state index in [1.54, 1.807) is 0 Å². The molecule has 2 aliphatic rings. The smallest absolute Gasteiger partial charge is 0.133 e. The quantitative estimate of drug-likeness (QED) is 0.836. The van der Waals surface area contributed by atoms with Crippen LogP contribution in [0.1, 0.15) is 38.4 Å². The van der Waals surface area contributed by atoms with Crippen LogP contribution in [0.4, 0.5) is 11.6 Å². The highest BCUT2D eigenvalue weighted by atomic mass is 16.5. The standard InChI is InChI=1S/C15H24N4O/c1-3-4-12-18-13(16-2)9-14(19-12)17-11-7-8-20-15(11)10-5-6-10/h9-11,15H,3-8H2,1-2H3,(H2,16,17,18,19). The highest BCUT2D eigenvalue weighted by Gasteiger charge is 2.40. The van der Waals surface area contributed by atoms with Crippen LogP contribution in [0.5, 0.6) is 0 Å². The molecule has 1 aromatic heterocycles. The van der Waals surface area contributed by atoms with E-state index in [9.17, 15) is 0 Å². The van der Waals surface area contributed by atoms with Crippen LogP contribution in [0.3, 0.4) is 0 Å². The van der Waals surface area contributed by atoms with Gasteiger partial charge in [-0.25, -0.2) is 9.97 Å². The monoisotopic (exact) mass is 276 g/mol. The third kappa shape index (κ3) is 3.03. The largest absolute Gasteiger partial charge is 0.376 e. The average molecular weight is 276 g/mol. The summed E-state index contributed by atoms with van der Waals surface area (Å²) in [6.07, 6.45) is 6.05. The fourth-order valence-corrected chi connectivity index (χ4v) is 2.88. The minimum absolute atomic E-state index is 0.373. The second-order valence-electron chi connectivity index (χ2n) is 5.77. The zero-order valence-electron chi connectivity index (χ0n) is 12.4. The average Bonchev–Trinajstić information content (AvgIpc) is 3.19. The number of rotatable bonds is 6. The predicted molar refractivity (Wildman–Crippen MR) is 80.1 cm³/mol. The van der Waals surface area contributed by atoms with Gasteiger partial charge in [0, 0.05) is 26.1 Å². The zero-order valence-corrected chi connectivity index (χ0v) is 12.4. The number of ether oxygens (including phenoxy) is 1. The Labute approximate surface area is 120 Å². The molecular weight excluding hydrogens is 252 g/mol. The SMILES string of the molecule is CCCc1nc(NC)cc(NC2CCOC2C2CC2)n1. The van der Waals surface area contributed by atoms with Crippen molar-refractivity contribution in [3.63, 3.8) is 0 Å². The molecule has 5 nitrogen and oxygen atoms in total. The first kappa shape index (κ1) is 13.6. The van der Waals surface area contributed by atoms with Gasteiger partial charge >= 0.3 is 0 Å². The molecule has 1 saturated carbocycles. The summed E-state index contributed by atoms with van der Waals surface area (Å²) in [5, 5.41) is 6.68. The second-order valence-corrected chi connectivity index (χ2v) is 5.77. The highest BCUT2D eigenvalue weighted by molar-refractivity contribution is 5.48. The van der Waals surface area contributed by atoms with Crippen LogP contribution < -0.4 is 10.6 Å². The Balaban J connectivity index is 1.73. The van der Waals surface area contributed by atoms with Gasteiger partial charge in [-0.05, 0) is 31.6 Å². The Morgan fingerprint density at radius 3 is 2.75 bits per heavy atom. The molecule has 2 N–H and O–H groups in total. The maximum Gasteiger partial charge on any atom is 0.133 e. The van der Waals surface area contributed by atoms with Crippen molar-refractivity contribution in [2.45, 2.75) is 51.2 Å². The normalized spacial score (nSPS) is 25.7. The summed E-state index contributed by atoms with van der Waals surface area (Å²) in [6.45, 7) is 3.01. The lowest BCUT2D eigenvalue weighted by molar-refractivity contribution is 0.0898. The molecule has 1 aliphatic carbocycles. The van der Waals surface area contributed by atoms with E-state index >= 15 is 0 Å². The van der Waals surface area contributed by atoms with E-state index in [2.05, 4.69) is 27.5 Å². The second kappa shape index (κ2) is 5.95. The third-order valence-electron chi connectivity index (χ3n) is 4.06. The van der Waals surface area contributed by atoms with E-state index in [4.69, 9.17) is 4.74 Å². The van der Waals surface area contributed by atoms with Gasteiger partial charge < -0.3 is 15.4 Å². The van der Waals surface area contributed by atoms with Gasteiger partial charge in [0.15, 0.2) is 0 Å². The minimum Gasteiger partial charge on any atom is -0.376 e. The van der Waals surface area contributed by atoms with E-state index in [0.29, 0.717) is 12.1 Å². The first-order chi connectivity index (χ1) is 9.80. The summed E-state index contributed by atoms with van der Waals surface area (Å²) < 4.78 is 5.87. The molecule has 3 rings (SSSR count). The van der Waals surface area contributed by atoms with E-state index in [0.717, 1.165) is 49.2 Å². The fourth-order valence-electron chi connectivity index (χ4n) is 2.88. The van der Waals surface area contributed by atoms with Crippen LogP contribution >= 0.6 is 0 Å². The Bertz CT molecular complexity index is 461. The molecule has 1 saturated heterocycles. The molecule has 0 radical (unpaired) electrons.